The average Bonchev–Trinajstić information content (AvgIpc) is 2.92. The number of alkyl halides is 3. The van der Waals surface area contributed by atoms with Crippen LogP contribution in [-0.2, 0) is 12.7 Å². The first-order valence-corrected chi connectivity index (χ1v) is 7.27. The summed E-state index contributed by atoms with van der Waals surface area (Å²) in [6.07, 6.45) is -2.71. The lowest BCUT2D eigenvalue weighted by Gasteiger charge is -2.10. The van der Waals surface area contributed by atoms with Crippen LogP contribution in [0.5, 0.6) is 5.75 Å². The minimum Gasteiger partial charge on any atom is -0.497 e. The lowest BCUT2D eigenvalue weighted by molar-refractivity contribution is -0.137. The van der Waals surface area contributed by atoms with Gasteiger partial charge in [0.15, 0.2) is 0 Å². The number of halogens is 3. The molecular weight excluding hydrogens is 317 g/mol. The minimum absolute atomic E-state index is 0.404. The van der Waals surface area contributed by atoms with Gasteiger partial charge in [0, 0.05) is 18.2 Å². The Labute approximate surface area is 137 Å². The molecular formula is C18H15F3N2O. The van der Waals surface area contributed by atoms with Crippen molar-refractivity contribution in [1.82, 2.24) is 9.55 Å². The van der Waals surface area contributed by atoms with Crippen LogP contribution in [0.3, 0.4) is 0 Å². The summed E-state index contributed by atoms with van der Waals surface area (Å²) in [5, 5.41) is 0. The van der Waals surface area contributed by atoms with Crippen molar-refractivity contribution in [3.63, 3.8) is 0 Å². The predicted molar refractivity (Wildman–Crippen MR) is 86.9 cm³/mol. The van der Waals surface area contributed by atoms with Crippen LogP contribution in [0.2, 0.25) is 0 Å². The van der Waals surface area contributed by atoms with Crippen LogP contribution in [-0.4, -0.2) is 16.7 Å². The van der Waals surface area contributed by atoms with E-state index in [0.29, 0.717) is 29.2 Å². The first-order chi connectivity index (χ1) is 11.4. The quantitative estimate of drug-likeness (QED) is 0.634. The number of hydrogen-bond acceptors (Lipinski definition) is 2. The molecule has 0 bridgehead atoms. The lowest BCUT2D eigenvalue weighted by Crippen LogP contribution is -2.05. The first kappa shape index (κ1) is 16.1. The number of methoxy groups -OCH3 is 1. The second kappa shape index (κ2) is 6.03. The van der Waals surface area contributed by atoms with E-state index < -0.39 is 11.7 Å². The number of aromatic nitrogens is 2. The van der Waals surface area contributed by atoms with Crippen molar-refractivity contribution in [3.05, 3.63) is 60.7 Å². The van der Waals surface area contributed by atoms with E-state index in [1.54, 1.807) is 31.4 Å². The highest BCUT2D eigenvalue weighted by molar-refractivity contribution is 5.82. The molecule has 3 rings (SSSR count). The Kier molecular flexibility index (Phi) is 4.05. The van der Waals surface area contributed by atoms with Crippen molar-refractivity contribution in [3.8, 4) is 17.1 Å². The molecule has 2 aromatic carbocycles. The Morgan fingerprint density at radius 2 is 2.00 bits per heavy atom. The van der Waals surface area contributed by atoms with Crippen molar-refractivity contribution < 1.29 is 17.9 Å². The topological polar surface area (TPSA) is 27.1 Å². The fourth-order valence-corrected chi connectivity index (χ4v) is 2.61. The summed E-state index contributed by atoms with van der Waals surface area (Å²) in [7, 11) is 1.55. The van der Waals surface area contributed by atoms with Gasteiger partial charge >= 0.3 is 6.18 Å². The molecule has 1 heterocycles. The van der Waals surface area contributed by atoms with Gasteiger partial charge < -0.3 is 9.30 Å². The van der Waals surface area contributed by atoms with Gasteiger partial charge in [0.25, 0.3) is 0 Å². The Morgan fingerprint density at radius 3 is 2.67 bits per heavy atom. The summed E-state index contributed by atoms with van der Waals surface area (Å²) in [6.45, 7) is 4.15. The molecule has 0 fully saturated rings. The van der Waals surface area contributed by atoms with Crippen molar-refractivity contribution in [2.75, 3.05) is 7.11 Å². The molecule has 124 valence electrons. The molecule has 0 aliphatic carbocycles. The number of hydrogen-bond donors (Lipinski definition) is 0. The maximum atomic E-state index is 13.0. The van der Waals surface area contributed by atoms with E-state index in [0.717, 1.165) is 17.6 Å². The van der Waals surface area contributed by atoms with Crippen molar-refractivity contribution in [2.24, 2.45) is 0 Å². The number of fused-ring (bicyclic) bond motifs is 1. The third kappa shape index (κ3) is 2.87. The number of allylic oxidation sites excluding steroid dienone is 1. The fraction of sp³-hybridized carbons (Fsp3) is 0.167. The molecule has 6 heteroatoms. The molecule has 0 unspecified atom stereocenters. The summed E-state index contributed by atoms with van der Waals surface area (Å²) in [4.78, 5) is 4.50. The number of nitrogens with zero attached hydrogens (tertiary/aromatic N) is 2. The maximum Gasteiger partial charge on any atom is 0.416 e. The van der Waals surface area contributed by atoms with E-state index in [-0.39, 0.29) is 0 Å². The second-order valence-corrected chi connectivity index (χ2v) is 5.27. The van der Waals surface area contributed by atoms with Gasteiger partial charge in [-0.2, -0.15) is 13.2 Å². The molecule has 0 radical (unpaired) electrons. The zero-order valence-corrected chi connectivity index (χ0v) is 13.0. The van der Waals surface area contributed by atoms with Gasteiger partial charge in [0.2, 0.25) is 0 Å². The van der Waals surface area contributed by atoms with Gasteiger partial charge in [-0.15, -0.1) is 6.58 Å². The molecule has 0 saturated heterocycles. The van der Waals surface area contributed by atoms with Crippen LogP contribution < -0.4 is 4.74 Å². The smallest absolute Gasteiger partial charge is 0.416 e. The van der Waals surface area contributed by atoms with Crippen molar-refractivity contribution in [1.29, 1.82) is 0 Å². The Bertz CT molecular complexity index is 897. The summed E-state index contributed by atoms with van der Waals surface area (Å²) >= 11 is 0. The number of benzene rings is 2. The Hall–Kier alpha value is -2.76. The Morgan fingerprint density at radius 1 is 1.21 bits per heavy atom. The fourth-order valence-electron chi connectivity index (χ4n) is 2.61. The third-order valence-corrected chi connectivity index (χ3v) is 3.72. The van der Waals surface area contributed by atoms with Gasteiger partial charge in [-0.25, -0.2) is 4.98 Å². The number of ether oxygens (including phenoxy) is 1. The van der Waals surface area contributed by atoms with Crippen molar-refractivity contribution in [2.45, 2.75) is 12.7 Å². The van der Waals surface area contributed by atoms with E-state index >= 15 is 0 Å². The van der Waals surface area contributed by atoms with Gasteiger partial charge in [-0.05, 0) is 24.3 Å². The SMILES string of the molecule is C=CCn1c(-c2cccc(C(F)(F)F)c2)nc2cc(OC)ccc21. The summed E-state index contributed by atoms with van der Waals surface area (Å²) < 4.78 is 45.9. The maximum absolute atomic E-state index is 13.0. The van der Waals surface area contributed by atoms with E-state index in [1.807, 2.05) is 10.6 Å². The molecule has 0 spiro atoms. The number of imidazole rings is 1. The molecule has 0 saturated carbocycles. The van der Waals surface area contributed by atoms with E-state index in [4.69, 9.17) is 4.74 Å². The lowest BCUT2D eigenvalue weighted by atomic mass is 10.1. The summed E-state index contributed by atoms with van der Waals surface area (Å²) in [5.41, 5.74) is 1.17. The second-order valence-electron chi connectivity index (χ2n) is 5.27. The molecule has 1 aromatic heterocycles. The highest BCUT2D eigenvalue weighted by atomic mass is 19.4. The van der Waals surface area contributed by atoms with Crippen LogP contribution in [0.25, 0.3) is 22.4 Å². The Balaban J connectivity index is 2.21. The zero-order valence-electron chi connectivity index (χ0n) is 13.0. The van der Waals surface area contributed by atoms with Crippen LogP contribution in [0, 0.1) is 0 Å². The highest BCUT2D eigenvalue weighted by Gasteiger charge is 2.30. The molecule has 0 atom stereocenters. The van der Waals surface area contributed by atoms with Crippen LogP contribution >= 0.6 is 0 Å². The first-order valence-electron chi connectivity index (χ1n) is 7.27. The minimum atomic E-state index is -4.39. The van der Waals surface area contributed by atoms with Gasteiger partial charge in [0.05, 0.1) is 23.7 Å². The summed E-state index contributed by atoms with van der Waals surface area (Å²) in [5.74, 6) is 1.10. The third-order valence-electron chi connectivity index (χ3n) is 3.72. The van der Waals surface area contributed by atoms with Gasteiger partial charge in [-0.1, -0.05) is 18.2 Å². The molecule has 0 N–H and O–H groups in total. The molecule has 24 heavy (non-hydrogen) atoms. The van der Waals surface area contributed by atoms with Gasteiger partial charge in [0.1, 0.15) is 11.6 Å². The molecule has 0 amide bonds. The van der Waals surface area contributed by atoms with Crippen molar-refractivity contribution >= 4 is 11.0 Å². The van der Waals surface area contributed by atoms with Gasteiger partial charge in [-0.3, -0.25) is 0 Å². The molecule has 3 aromatic rings. The van der Waals surface area contributed by atoms with E-state index in [9.17, 15) is 13.2 Å². The standard InChI is InChI=1S/C18H15F3N2O/c1-3-9-23-16-8-7-14(24-2)11-15(16)22-17(23)12-5-4-6-13(10-12)18(19,20)21/h3-8,10-11H,1,9H2,2H3. The highest BCUT2D eigenvalue weighted by Crippen LogP contribution is 2.33. The summed E-state index contributed by atoms with van der Waals surface area (Å²) in [6, 6.07) is 10.5. The van der Waals surface area contributed by atoms with Crippen LogP contribution in [0.4, 0.5) is 13.2 Å². The van der Waals surface area contributed by atoms with Crippen LogP contribution in [0.15, 0.2) is 55.1 Å². The monoisotopic (exact) mass is 332 g/mol. The molecule has 3 nitrogen and oxygen atoms in total. The number of rotatable bonds is 4. The largest absolute Gasteiger partial charge is 0.497 e. The predicted octanol–water partition coefficient (Wildman–Crippen LogP) is 4.92. The van der Waals surface area contributed by atoms with Crippen LogP contribution in [0.1, 0.15) is 5.56 Å². The molecule has 0 aliphatic rings. The van der Waals surface area contributed by atoms with E-state index in [1.165, 1.54) is 6.07 Å². The van der Waals surface area contributed by atoms with E-state index in [2.05, 4.69) is 11.6 Å². The average molecular weight is 332 g/mol. The zero-order chi connectivity index (χ0) is 17.3. The molecule has 0 aliphatic heterocycles. The normalized spacial score (nSPS) is 11.7.